The molecule has 198 valence electrons. The number of rotatable bonds is 6. The van der Waals surface area contributed by atoms with Gasteiger partial charge in [-0.25, -0.2) is 9.79 Å². The normalized spacial score (nSPS) is 16.3. The number of fused-ring (bicyclic) bond motifs is 3. The molecule has 0 saturated carbocycles. The molecular formula is C30H26N2O6S. The minimum absolute atomic E-state index is 0.119. The minimum atomic E-state index is -0.740. The van der Waals surface area contributed by atoms with E-state index >= 15 is 0 Å². The highest BCUT2D eigenvalue weighted by Gasteiger charge is 2.34. The number of esters is 1. The van der Waals surface area contributed by atoms with E-state index < -0.39 is 12.0 Å². The Morgan fingerprint density at radius 1 is 1.10 bits per heavy atom. The fourth-order valence-corrected chi connectivity index (χ4v) is 6.06. The third kappa shape index (κ3) is 4.28. The Balaban J connectivity index is 1.59. The summed E-state index contributed by atoms with van der Waals surface area (Å²) in [6.45, 7) is 6.26. The maximum atomic E-state index is 14.1. The van der Waals surface area contributed by atoms with E-state index in [1.54, 1.807) is 30.5 Å². The van der Waals surface area contributed by atoms with Crippen LogP contribution in [0.5, 0.6) is 17.2 Å². The predicted octanol–water partition coefficient (Wildman–Crippen LogP) is 4.08. The molecule has 3 heterocycles. The van der Waals surface area contributed by atoms with Crippen LogP contribution >= 0.6 is 11.3 Å². The number of thiazole rings is 1. The SMILES string of the molecule is CCOC(=O)C1=C(C)N=c2s/c(=C\c3c(OCC)ccc4ccccc34)c(=O)n2[C@H]1c1ccc2c(c1)OCO2. The van der Waals surface area contributed by atoms with E-state index in [1.165, 1.54) is 11.3 Å². The Kier molecular flexibility index (Phi) is 6.44. The first-order valence-electron chi connectivity index (χ1n) is 12.7. The zero-order valence-electron chi connectivity index (χ0n) is 21.7. The zero-order valence-corrected chi connectivity index (χ0v) is 22.5. The lowest BCUT2D eigenvalue weighted by molar-refractivity contribution is -0.139. The highest BCUT2D eigenvalue weighted by Crippen LogP contribution is 2.38. The largest absolute Gasteiger partial charge is 0.493 e. The zero-order chi connectivity index (χ0) is 27.1. The summed E-state index contributed by atoms with van der Waals surface area (Å²) in [5, 5.41) is 2.02. The van der Waals surface area contributed by atoms with E-state index in [2.05, 4.69) is 4.99 Å². The third-order valence-corrected chi connectivity index (χ3v) is 7.72. The molecule has 8 nitrogen and oxygen atoms in total. The highest BCUT2D eigenvalue weighted by atomic mass is 32.1. The molecule has 1 aromatic heterocycles. The smallest absolute Gasteiger partial charge is 0.338 e. The summed E-state index contributed by atoms with van der Waals surface area (Å²) in [5.41, 5.74) is 2.08. The van der Waals surface area contributed by atoms with Gasteiger partial charge in [-0.3, -0.25) is 9.36 Å². The van der Waals surface area contributed by atoms with Crippen LogP contribution in [0.4, 0.5) is 0 Å². The van der Waals surface area contributed by atoms with Gasteiger partial charge in [0.1, 0.15) is 5.75 Å². The molecule has 0 bridgehead atoms. The molecular weight excluding hydrogens is 516 g/mol. The van der Waals surface area contributed by atoms with E-state index in [0.717, 1.165) is 16.3 Å². The summed E-state index contributed by atoms with van der Waals surface area (Å²) in [5.74, 6) is 1.36. The van der Waals surface area contributed by atoms with Crippen LogP contribution in [0.3, 0.4) is 0 Å². The lowest BCUT2D eigenvalue weighted by Gasteiger charge is -2.24. The quantitative estimate of drug-likeness (QED) is 0.341. The number of benzene rings is 3. The van der Waals surface area contributed by atoms with Gasteiger partial charge in [-0.05, 0) is 61.4 Å². The molecule has 0 unspecified atom stereocenters. The monoisotopic (exact) mass is 542 g/mol. The number of nitrogens with zero attached hydrogens (tertiary/aromatic N) is 2. The lowest BCUT2D eigenvalue weighted by Crippen LogP contribution is -2.39. The third-order valence-electron chi connectivity index (χ3n) is 6.74. The Labute approximate surface area is 228 Å². The van der Waals surface area contributed by atoms with Crippen LogP contribution in [0.25, 0.3) is 16.8 Å². The van der Waals surface area contributed by atoms with Crippen molar-refractivity contribution in [2.45, 2.75) is 26.8 Å². The molecule has 0 spiro atoms. The van der Waals surface area contributed by atoms with Gasteiger partial charge in [0, 0.05) is 5.56 Å². The molecule has 2 aliphatic heterocycles. The van der Waals surface area contributed by atoms with E-state index in [9.17, 15) is 9.59 Å². The summed E-state index contributed by atoms with van der Waals surface area (Å²) in [7, 11) is 0. The predicted molar refractivity (Wildman–Crippen MR) is 148 cm³/mol. The van der Waals surface area contributed by atoms with Gasteiger partial charge < -0.3 is 18.9 Å². The van der Waals surface area contributed by atoms with Gasteiger partial charge in [0.2, 0.25) is 6.79 Å². The van der Waals surface area contributed by atoms with E-state index in [-0.39, 0.29) is 19.0 Å². The Hall–Kier alpha value is -4.37. The lowest BCUT2D eigenvalue weighted by atomic mass is 9.95. The molecule has 6 rings (SSSR count). The van der Waals surface area contributed by atoms with Gasteiger partial charge in [0.25, 0.3) is 5.56 Å². The Bertz CT molecular complexity index is 1830. The van der Waals surface area contributed by atoms with Crippen LogP contribution in [0.15, 0.2) is 75.7 Å². The molecule has 2 aliphatic rings. The second-order valence-corrected chi connectivity index (χ2v) is 10.1. The fourth-order valence-electron chi connectivity index (χ4n) is 5.03. The summed E-state index contributed by atoms with van der Waals surface area (Å²) in [4.78, 5) is 32.4. The van der Waals surface area contributed by atoms with Crippen LogP contribution in [-0.2, 0) is 9.53 Å². The van der Waals surface area contributed by atoms with Crippen LogP contribution in [0, 0.1) is 0 Å². The Morgan fingerprint density at radius 3 is 2.74 bits per heavy atom. The number of carbonyl (C=O) groups excluding carboxylic acids is 1. The average Bonchev–Trinajstić information content (AvgIpc) is 3.53. The van der Waals surface area contributed by atoms with E-state index in [0.29, 0.717) is 50.0 Å². The highest BCUT2D eigenvalue weighted by molar-refractivity contribution is 7.07. The molecule has 39 heavy (non-hydrogen) atoms. The molecule has 0 N–H and O–H groups in total. The van der Waals surface area contributed by atoms with Crippen molar-refractivity contribution in [3.05, 3.63) is 96.7 Å². The second kappa shape index (κ2) is 10.1. The molecule has 0 radical (unpaired) electrons. The van der Waals surface area contributed by atoms with E-state index in [4.69, 9.17) is 18.9 Å². The first kappa shape index (κ1) is 24.9. The topological polar surface area (TPSA) is 88.4 Å². The molecule has 0 fully saturated rings. The molecule has 9 heteroatoms. The number of aromatic nitrogens is 1. The van der Waals surface area contributed by atoms with Crippen molar-refractivity contribution >= 4 is 34.2 Å². The number of hydrogen-bond donors (Lipinski definition) is 0. The average molecular weight is 543 g/mol. The molecule has 4 aromatic rings. The van der Waals surface area contributed by atoms with Crippen molar-refractivity contribution in [2.75, 3.05) is 20.0 Å². The van der Waals surface area contributed by atoms with Gasteiger partial charge in [0.05, 0.1) is 35.1 Å². The van der Waals surface area contributed by atoms with Gasteiger partial charge in [-0.2, -0.15) is 0 Å². The first-order chi connectivity index (χ1) is 19.0. The summed E-state index contributed by atoms with van der Waals surface area (Å²) in [6, 6.07) is 16.6. The molecule has 0 saturated heterocycles. The van der Waals surface area contributed by atoms with Crippen LogP contribution < -0.4 is 29.1 Å². The standard InChI is InChI=1S/C30H26N2O6S/c1-4-35-22-12-10-18-8-6-7-9-20(18)21(22)15-25-28(33)32-27(19-11-13-23-24(14-19)38-16-37-23)26(29(34)36-5-2)17(3)31-30(32)39-25/h6-15,27H,4-5,16H2,1-3H3/b25-15-/t27-/m0/s1. The molecule has 3 aromatic carbocycles. The number of ether oxygens (including phenoxy) is 4. The maximum Gasteiger partial charge on any atom is 0.338 e. The number of carbonyl (C=O) groups is 1. The number of hydrogen-bond acceptors (Lipinski definition) is 8. The van der Waals surface area contributed by atoms with Crippen molar-refractivity contribution in [1.29, 1.82) is 0 Å². The maximum absolute atomic E-state index is 14.1. The summed E-state index contributed by atoms with van der Waals surface area (Å²) >= 11 is 1.28. The second-order valence-electron chi connectivity index (χ2n) is 9.05. The van der Waals surface area contributed by atoms with Gasteiger partial charge in [-0.15, -0.1) is 0 Å². The van der Waals surface area contributed by atoms with Crippen molar-refractivity contribution in [3.8, 4) is 17.2 Å². The molecule has 1 atom stereocenters. The van der Waals surface area contributed by atoms with Crippen molar-refractivity contribution in [1.82, 2.24) is 4.57 Å². The van der Waals surface area contributed by atoms with Crippen LogP contribution in [-0.4, -0.2) is 30.5 Å². The molecule has 0 amide bonds. The van der Waals surface area contributed by atoms with Gasteiger partial charge in [-0.1, -0.05) is 47.7 Å². The number of allylic oxidation sites excluding steroid dienone is 1. The van der Waals surface area contributed by atoms with Crippen LogP contribution in [0.1, 0.15) is 37.9 Å². The fraction of sp³-hybridized carbons (Fsp3) is 0.233. The van der Waals surface area contributed by atoms with Crippen molar-refractivity contribution in [2.24, 2.45) is 4.99 Å². The molecule has 0 aliphatic carbocycles. The van der Waals surface area contributed by atoms with Gasteiger partial charge in [0.15, 0.2) is 16.3 Å². The van der Waals surface area contributed by atoms with Crippen molar-refractivity contribution in [3.63, 3.8) is 0 Å². The summed E-state index contributed by atoms with van der Waals surface area (Å²) < 4.78 is 24.4. The summed E-state index contributed by atoms with van der Waals surface area (Å²) in [6.07, 6.45) is 1.86. The van der Waals surface area contributed by atoms with E-state index in [1.807, 2.05) is 55.5 Å². The minimum Gasteiger partial charge on any atom is -0.493 e. The first-order valence-corrected chi connectivity index (χ1v) is 13.6. The van der Waals surface area contributed by atoms with Crippen LogP contribution in [0.2, 0.25) is 0 Å². The Morgan fingerprint density at radius 2 is 1.92 bits per heavy atom. The van der Waals surface area contributed by atoms with Gasteiger partial charge >= 0.3 is 5.97 Å². The van der Waals surface area contributed by atoms with Crippen molar-refractivity contribution < 1.29 is 23.7 Å².